The van der Waals surface area contributed by atoms with E-state index in [1.54, 1.807) is 12.3 Å². The van der Waals surface area contributed by atoms with E-state index in [0.717, 1.165) is 10.2 Å². The van der Waals surface area contributed by atoms with Crippen molar-refractivity contribution < 1.29 is 9.84 Å². The SMILES string of the molecule is CC[C@@H](O)c1ccc(Oc2ccc(Br)cc2)cn1. The van der Waals surface area contributed by atoms with Gasteiger partial charge in [-0.05, 0) is 42.8 Å². The van der Waals surface area contributed by atoms with Gasteiger partial charge in [-0.15, -0.1) is 0 Å². The molecule has 0 saturated heterocycles. The first-order valence-electron chi connectivity index (χ1n) is 5.76. The molecular formula is C14H14BrNO2. The van der Waals surface area contributed by atoms with Crippen LogP contribution in [0.1, 0.15) is 25.1 Å². The summed E-state index contributed by atoms with van der Waals surface area (Å²) in [6, 6.07) is 11.2. The molecule has 2 aromatic rings. The molecule has 1 aromatic heterocycles. The summed E-state index contributed by atoms with van der Waals surface area (Å²) in [5, 5.41) is 9.63. The molecule has 0 radical (unpaired) electrons. The Labute approximate surface area is 115 Å². The fourth-order valence-corrected chi connectivity index (χ4v) is 1.76. The summed E-state index contributed by atoms with van der Waals surface area (Å²) in [5.41, 5.74) is 0.667. The number of halogens is 1. The fraction of sp³-hybridized carbons (Fsp3) is 0.214. The molecule has 4 heteroatoms. The van der Waals surface area contributed by atoms with E-state index in [9.17, 15) is 5.11 Å². The third-order valence-corrected chi connectivity index (χ3v) is 3.07. The summed E-state index contributed by atoms with van der Waals surface area (Å²) in [7, 11) is 0. The minimum atomic E-state index is -0.508. The van der Waals surface area contributed by atoms with Crippen LogP contribution in [0.2, 0.25) is 0 Å². The van der Waals surface area contributed by atoms with Gasteiger partial charge < -0.3 is 9.84 Å². The molecule has 3 nitrogen and oxygen atoms in total. The molecule has 1 heterocycles. The van der Waals surface area contributed by atoms with Crippen LogP contribution >= 0.6 is 15.9 Å². The van der Waals surface area contributed by atoms with Crippen LogP contribution in [-0.2, 0) is 0 Å². The third-order valence-electron chi connectivity index (χ3n) is 2.54. The van der Waals surface area contributed by atoms with Crippen molar-refractivity contribution in [2.24, 2.45) is 0 Å². The standard InChI is InChI=1S/C14H14BrNO2/c1-2-14(17)13-8-7-12(9-16-13)18-11-5-3-10(15)4-6-11/h3-9,14,17H,2H2,1H3/t14-/m1/s1. The van der Waals surface area contributed by atoms with Crippen LogP contribution in [0.25, 0.3) is 0 Å². The lowest BCUT2D eigenvalue weighted by Gasteiger charge is -2.09. The molecule has 0 aliphatic heterocycles. The van der Waals surface area contributed by atoms with Crippen molar-refractivity contribution in [3.8, 4) is 11.5 Å². The van der Waals surface area contributed by atoms with Crippen LogP contribution in [0, 0.1) is 0 Å². The summed E-state index contributed by atoms with van der Waals surface area (Å²) < 4.78 is 6.65. The Morgan fingerprint density at radius 3 is 2.39 bits per heavy atom. The topological polar surface area (TPSA) is 42.4 Å². The molecule has 2 rings (SSSR count). The lowest BCUT2D eigenvalue weighted by molar-refractivity contribution is 0.169. The van der Waals surface area contributed by atoms with Gasteiger partial charge in [0.1, 0.15) is 11.5 Å². The Kier molecular flexibility index (Phi) is 4.33. The molecule has 0 fully saturated rings. The number of aliphatic hydroxyl groups excluding tert-OH is 1. The zero-order chi connectivity index (χ0) is 13.0. The number of benzene rings is 1. The van der Waals surface area contributed by atoms with Crippen LogP contribution in [0.5, 0.6) is 11.5 Å². The van der Waals surface area contributed by atoms with Gasteiger partial charge in [-0.25, -0.2) is 0 Å². The average Bonchev–Trinajstić information content (AvgIpc) is 2.41. The maximum absolute atomic E-state index is 9.63. The van der Waals surface area contributed by atoms with E-state index < -0.39 is 6.10 Å². The Morgan fingerprint density at radius 1 is 1.17 bits per heavy atom. The molecule has 0 unspecified atom stereocenters. The lowest BCUT2D eigenvalue weighted by atomic mass is 10.2. The van der Waals surface area contributed by atoms with Gasteiger partial charge in [-0.1, -0.05) is 22.9 Å². The molecular weight excluding hydrogens is 294 g/mol. The van der Waals surface area contributed by atoms with E-state index >= 15 is 0 Å². The molecule has 0 aliphatic carbocycles. The number of aromatic nitrogens is 1. The highest BCUT2D eigenvalue weighted by Gasteiger charge is 2.06. The number of ether oxygens (including phenoxy) is 1. The van der Waals surface area contributed by atoms with Crippen molar-refractivity contribution >= 4 is 15.9 Å². The molecule has 0 amide bonds. The summed E-state index contributed by atoms with van der Waals surface area (Å²) in [6.07, 6.45) is 1.77. The highest BCUT2D eigenvalue weighted by Crippen LogP contribution is 2.23. The van der Waals surface area contributed by atoms with E-state index in [1.807, 2.05) is 37.3 Å². The Hall–Kier alpha value is -1.39. The fourth-order valence-electron chi connectivity index (χ4n) is 1.50. The first kappa shape index (κ1) is 13.1. The van der Waals surface area contributed by atoms with E-state index in [1.165, 1.54) is 0 Å². The zero-order valence-corrected chi connectivity index (χ0v) is 11.6. The van der Waals surface area contributed by atoms with Crippen LogP contribution in [0.4, 0.5) is 0 Å². The maximum Gasteiger partial charge on any atom is 0.145 e. The molecule has 1 N–H and O–H groups in total. The van der Waals surface area contributed by atoms with Gasteiger partial charge in [-0.2, -0.15) is 0 Å². The average molecular weight is 308 g/mol. The van der Waals surface area contributed by atoms with Crippen LogP contribution in [0.3, 0.4) is 0 Å². The summed E-state index contributed by atoms with van der Waals surface area (Å²) in [4.78, 5) is 4.18. The van der Waals surface area contributed by atoms with E-state index in [2.05, 4.69) is 20.9 Å². The summed E-state index contributed by atoms with van der Waals surface area (Å²) >= 11 is 3.37. The van der Waals surface area contributed by atoms with Gasteiger partial charge in [0.25, 0.3) is 0 Å². The second kappa shape index (κ2) is 5.98. The second-order valence-corrected chi connectivity index (χ2v) is 4.81. The number of hydrogen-bond acceptors (Lipinski definition) is 3. The molecule has 1 aromatic carbocycles. The minimum absolute atomic E-state index is 0.508. The van der Waals surface area contributed by atoms with E-state index in [4.69, 9.17) is 4.74 Å². The number of rotatable bonds is 4. The van der Waals surface area contributed by atoms with Gasteiger partial charge >= 0.3 is 0 Å². The second-order valence-electron chi connectivity index (χ2n) is 3.90. The third kappa shape index (κ3) is 3.31. The quantitative estimate of drug-likeness (QED) is 0.925. The lowest BCUT2D eigenvalue weighted by Crippen LogP contribution is -1.98. The Bertz CT molecular complexity index is 496. The molecule has 1 atom stereocenters. The molecule has 0 bridgehead atoms. The van der Waals surface area contributed by atoms with Crippen molar-refractivity contribution in [3.63, 3.8) is 0 Å². The molecule has 18 heavy (non-hydrogen) atoms. The van der Waals surface area contributed by atoms with Crippen molar-refractivity contribution in [1.29, 1.82) is 0 Å². The minimum Gasteiger partial charge on any atom is -0.456 e. The van der Waals surface area contributed by atoms with Gasteiger partial charge in [-0.3, -0.25) is 4.98 Å². The molecule has 0 spiro atoms. The number of aliphatic hydroxyl groups is 1. The van der Waals surface area contributed by atoms with Crippen molar-refractivity contribution in [1.82, 2.24) is 4.98 Å². The smallest absolute Gasteiger partial charge is 0.145 e. The first-order chi connectivity index (χ1) is 8.69. The predicted molar refractivity (Wildman–Crippen MR) is 73.7 cm³/mol. The van der Waals surface area contributed by atoms with Crippen molar-refractivity contribution in [2.75, 3.05) is 0 Å². The highest BCUT2D eigenvalue weighted by molar-refractivity contribution is 9.10. The maximum atomic E-state index is 9.63. The summed E-state index contributed by atoms with van der Waals surface area (Å²) in [6.45, 7) is 1.92. The molecule has 0 saturated carbocycles. The van der Waals surface area contributed by atoms with E-state index in [0.29, 0.717) is 17.9 Å². The molecule has 94 valence electrons. The number of nitrogens with zero attached hydrogens (tertiary/aromatic N) is 1. The number of pyridine rings is 1. The van der Waals surface area contributed by atoms with Crippen LogP contribution in [-0.4, -0.2) is 10.1 Å². The van der Waals surface area contributed by atoms with Gasteiger partial charge in [0, 0.05) is 4.47 Å². The normalized spacial score (nSPS) is 12.2. The van der Waals surface area contributed by atoms with Gasteiger partial charge in [0.05, 0.1) is 18.0 Å². The van der Waals surface area contributed by atoms with Crippen LogP contribution in [0.15, 0.2) is 47.1 Å². The highest BCUT2D eigenvalue weighted by atomic mass is 79.9. The first-order valence-corrected chi connectivity index (χ1v) is 6.55. The van der Waals surface area contributed by atoms with Crippen molar-refractivity contribution in [3.05, 3.63) is 52.8 Å². The van der Waals surface area contributed by atoms with Gasteiger partial charge in [0.2, 0.25) is 0 Å². The summed E-state index contributed by atoms with van der Waals surface area (Å²) in [5.74, 6) is 1.41. The Balaban J connectivity index is 2.08. The van der Waals surface area contributed by atoms with Crippen molar-refractivity contribution in [2.45, 2.75) is 19.4 Å². The van der Waals surface area contributed by atoms with E-state index in [-0.39, 0.29) is 0 Å². The van der Waals surface area contributed by atoms with Crippen LogP contribution < -0.4 is 4.74 Å². The Morgan fingerprint density at radius 2 is 1.83 bits per heavy atom. The largest absolute Gasteiger partial charge is 0.456 e. The zero-order valence-electron chi connectivity index (χ0n) is 10.0. The predicted octanol–water partition coefficient (Wildman–Crippen LogP) is 4.08. The molecule has 0 aliphatic rings. The van der Waals surface area contributed by atoms with Gasteiger partial charge in [0.15, 0.2) is 0 Å². The number of hydrogen-bond donors (Lipinski definition) is 1. The monoisotopic (exact) mass is 307 g/mol.